The zero-order valence-electron chi connectivity index (χ0n) is 19.1. The molecule has 4 N–H and O–H groups in total. The fourth-order valence-corrected chi connectivity index (χ4v) is 4.81. The van der Waals surface area contributed by atoms with Crippen LogP contribution in [0.2, 0.25) is 0 Å². The maximum Gasteiger partial charge on any atom is 0.201 e. The predicted molar refractivity (Wildman–Crippen MR) is 134 cm³/mol. The maximum atomic E-state index is 15.2. The molecule has 2 aromatic heterocycles. The second-order valence-electron chi connectivity index (χ2n) is 8.27. The first-order chi connectivity index (χ1) is 16.9. The predicted octanol–water partition coefficient (Wildman–Crippen LogP) is 3.72. The molecular weight excluding hydrogens is 474 g/mol. The van der Waals surface area contributed by atoms with Crippen molar-refractivity contribution in [2.45, 2.75) is 31.7 Å². The molecule has 1 aromatic carbocycles. The Morgan fingerprint density at radius 1 is 1.43 bits per heavy atom. The zero-order valence-corrected chi connectivity index (χ0v) is 19.9. The van der Waals surface area contributed by atoms with Crippen LogP contribution in [0.15, 0.2) is 35.6 Å². The number of nitrogens with one attached hydrogen (secondary N) is 4. The number of hydrogen-bond donors (Lipinski definition) is 4. The number of halogens is 2. The summed E-state index contributed by atoms with van der Waals surface area (Å²) < 4.78 is 44.3. The first kappa shape index (κ1) is 24.8. The van der Waals surface area contributed by atoms with Crippen LogP contribution in [0, 0.1) is 17.0 Å². The second-order valence-corrected chi connectivity index (χ2v) is 9.57. The number of H-pyrrole nitrogens is 1. The lowest BCUT2D eigenvalue weighted by Gasteiger charge is -2.11. The summed E-state index contributed by atoms with van der Waals surface area (Å²) in [6.45, 7) is 3.51. The lowest BCUT2D eigenvalue weighted by molar-refractivity contribution is 0.103. The Balaban J connectivity index is 1.68. The summed E-state index contributed by atoms with van der Waals surface area (Å²) in [5.41, 5.74) is 0.0918. The summed E-state index contributed by atoms with van der Waals surface area (Å²) in [5.74, 6) is -3.17. The third kappa shape index (κ3) is 5.35. The lowest BCUT2D eigenvalue weighted by Crippen LogP contribution is -2.13. The monoisotopic (exact) mass is 500 g/mol. The van der Waals surface area contributed by atoms with E-state index < -0.39 is 39.9 Å². The quantitative estimate of drug-likeness (QED) is 0.250. The minimum atomic E-state index is -1.56. The molecule has 4 rings (SSSR count). The number of ketones is 1. The molecule has 0 amide bonds. The molecule has 1 aliphatic rings. The van der Waals surface area contributed by atoms with Crippen molar-refractivity contribution < 1.29 is 17.8 Å². The highest BCUT2D eigenvalue weighted by atomic mass is 32.2. The number of carbonyl (C=O) groups excluding carboxylic acids is 1. The zero-order chi connectivity index (χ0) is 24.9. The Bertz CT molecular complexity index is 1300. The Morgan fingerprint density at radius 2 is 2.26 bits per heavy atom. The Kier molecular flexibility index (Phi) is 7.76. The van der Waals surface area contributed by atoms with Crippen molar-refractivity contribution in [1.82, 2.24) is 15.3 Å². The molecule has 11 heteroatoms. The number of anilines is 1. The molecule has 0 saturated carbocycles. The summed E-state index contributed by atoms with van der Waals surface area (Å²) in [4.78, 5) is 25.0. The summed E-state index contributed by atoms with van der Waals surface area (Å²) in [5, 5.41) is 11.4. The van der Waals surface area contributed by atoms with Gasteiger partial charge in [0.05, 0.1) is 23.2 Å². The van der Waals surface area contributed by atoms with E-state index in [9.17, 15) is 13.4 Å². The van der Waals surface area contributed by atoms with E-state index in [2.05, 4.69) is 25.0 Å². The molecule has 1 fully saturated rings. The van der Waals surface area contributed by atoms with E-state index >= 15 is 4.39 Å². The van der Waals surface area contributed by atoms with E-state index in [1.54, 1.807) is 18.5 Å². The van der Waals surface area contributed by atoms with Crippen molar-refractivity contribution in [3.8, 4) is 0 Å². The number of fused-ring (bicyclic) bond motifs is 1. The van der Waals surface area contributed by atoms with E-state index in [0.717, 1.165) is 31.6 Å². The van der Waals surface area contributed by atoms with Crippen LogP contribution in [0.1, 0.15) is 47.2 Å². The SMILES string of the molecule is CCCS(=O)Nc1ccc(F)c(C(=O)c2c[nH]c3ncc(C(C=N)C=NC4CCNC4)cc23)c1F. The smallest absolute Gasteiger partial charge is 0.201 e. The largest absolute Gasteiger partial charge is 0.345 e. The number of aliphatic imine (C=N–C) groups is 1. The van der Waals surface area contributed by atoms with Gasteiger partial charge in [0, 0.05) is 48.1 Å². The van der Waals surface area contributed by atoms with E-state index in [0.29, 0.717) is 23.0 Å². The minimum Gasteiger partial charge on any atom is -0.345 e. The van der Waals surface area contributed by atoms with Gasteiger partial charge in [0.2, 0.25) is 5.78 Å². The summed E-state index contributed by atoms with van der Waals surface area (Å²) in [6.07, 6.45) is 7.39. The first-order valence-electron chi connectivity index (χ1n) is 11.3. The molecule has 1 aliphatic heterocycles. The molecular formula is C24H26F2N6O2S. The molecule has 0 spiro atoms. The molecule has 1 saturated heterocycles. The summed E-state index contributed by atoms with van der Waals surface area (Å²) in [7, 11) is -1.56. The van der Waals surface area contributed by atoms with Gasteiger partial charge in [-0.2, -0.15) is 0 Å². The van der Waals surface area contributed by atoms with Gasteiger partial charge in [0.25, 0.3) is 0 Å². The number of pyridine rings is 1. The third-order valence-electron chi connectivity index (χ3n) is 5.78. The number of rotatable bonds is 10. The Morgan fingerprint density at radius 3 is 2.97 bits per heavy atom. The standard InChI is InChI=1S/C24H26F2N6O2S/c1-2-7-35(34)32-20-4-3-19(25)21(22(20)26)23(33)18-13-31-24-17(18)8-14(10-30-24)15(9-27)11-29-16-5-6-28-12-16/h3-4,8-11,13,15-16,27-28,32H,2,5-7,12H2,1H3,(H,30,31). The normalized spacial score (nSPS) is 17.6. The van der Waals surface area contributed by atoms with E-state index in [1.807, 2.05) is 6.92 Å². The molecule has 3 unspecified atom stereocenters. The molecule has 3 atom stereocenters. The maximum absolute atomic E-state index is 15.2. The van der Waals surface area contributed by atoms with E-state index in [4.69, 9.17) is 5.41 Å². The van der Waals surface area contributed by atoms with Crippen molar-refractivity contribution in [1.29, 1.82) is 5.41 Å². The van der Waals surface area contributed by atoms with Crippen LogP contribution in [0.5, 0.6) is 0 Å². The van der Waals surface area contributed by atoms with Crippen LogP contribution >= 0.6 is 0 Å². The number of aromatic nitrogens is 2. The van der Waals surface area contributed by atoms with Gasteiger partial charge in [0.15, 0.2) is 5.82 Å². The highest BCUT2D eigenvalue weighted by Gasteiger charge is 2.25. The number of nitrogens with zero attached hydrogens (tertiary/aromatic N) is 2. The molecule has 3 heterocycles. The van der Waals surface area contributed by atoms with Gasteiger partial charge in [-0.15, -0.1) is 0 Å². The van der Waals surface area contributed by atoms with Crippen LogP contribution in [0.4, 0.5) is 14.5 Å². The molecule has 35 heavy (non-hydrogen) atoms. The average Bonchev–Trinajstić information content (AvgIpc) is 3.51. The van der Waals surface area contributed by atoms with E-state index in [-0.39, 0.29) is 23.0 Å². The molecule has 0 radical (unpaired) electrons. The van der Waals surface area contributed by atoms with Crippen LogP contribution in [0.25, 0.3) is 11.0 Å². The highest BCUT2D eigenvalue weighted by molar-refractivity contribution is 7.86. The first-order valence-corrected chi connectivity index (χ1v) is 12.6. The van der Waals surface area contributed by atoms with Crippen LogP contribution in [-0.4, -0.2) is 57.3 Å². The second kappa shape index (κ2) is 11.0. The fourth-order valence-electron chi connectivity index (χ4n) is 3.93. The van der Waals surface area contributed by atoms with Gasteiger partial charge in [-0.1, -0.05) is 6.92 Å². The van der Waals surface area contributed by atoms with Crippen molar-refractivity contribution >= 4 is 45.9 Å². The Hall–Kier alpha value is -3.31. The molecule has 184 valence electrons. The van der Waals surface area contributed by atoms with Crippen LogP contribution in [-0.2, 0) is 11.0 Å². The number of carbonyl (C=O) groups is 1. The fraction of sp³-hybridized carbons (Fsp3) is 0.333. The number of hydrogen-bond acceptors (Lipinski definition) is 6. The third-order valence-corrected chi connectivity index (χ3v) is 7.01. The molecule has 3 aromatic rings. The number of aromatic amines is 1. The Labute approximate surface area is 203 Å². The molecule has 8 nitrogen and oxygen atoms in total. The van der Waals surface area contributed by atoms with Gasteiger partial charge in [0.1, 0.15) is 22.5 Å². The van der Waals surface area contributed by atoms with Crippen molar-refractivity contribution in [3.63, 3.8) is 0 Å². The van der Waals surface area contributed by atoms with Gasteiger partial charge < -0.3 is 20.4 Å². The van der Waals surface area contributed by atoms with Gasteiger partial charge in [-0.05, 0) is 43.1 Å². The highest BCUT2D eigenvalue weighted by Crippen LogP contribution is 2.28. The van der Waals surface area contributed by atoms with Gasteiger partial charge >= 0.3 is 0 Å². The van der Waals surface area contributed by atoms with Crippen molar-refractivity contribution in [2.24, 2.45) is 4.99 Å². The average molecular weight is 501 g/mol. The van der Waals surface area contributed by atoms with Crippen LogP contribution < -0.4 is 10.0 Å². The molecule has 0 bridgehead atoms. The van der Waals surface area contributed by atoms with Crippen molar-refractivity contribution in [2.75, 3.05) is 23.6 Å². The lowest BCUT2D eigenvalue weighted by atomic mass is 9.98. The minimum absolute atomic E-state index is 0.0413. The van der Waals surface area contributed by atoms with Gasteiger partial charge in [-0.3, -0.25) is 9.79 Å². The van der Waals surface area contributed by atoms with Crippen molar-refractivity contribution in [3.05, 3.63) is 58.9 Å². The summed E-state index contributed by atoms with van der Waals surface area (Å²) >= 11 is 0. The molecule has 0 aliphatic carbocycles. The van der Waals surface area contributed by atoms with E-state index in [1.165, 1.54) is 12.4 Å². The topological polar surface area (TPSA) is 123 Å². The van der Waals surface area contributed by atoms with Gasteiger partial charge in [-0.25, -0.2) is 18.0 Å². The number of benzene rings is 1. The van der Waals surface area contributed by atoms with Crippen LogP contribution in [0.3, 0.4) is 0 Å². The summed E-state index contributed by atoms with van der Waals surface area (Å²) in [6, 6.07) is 3.92.